The van der Waals surface area contributed by atoms with Crippen LogP contribution in [0.3, 0.4) is 0 Å². The van der Waals surface area contributed by atoms with Gasteiger partial charge in [-0.15, -0.1) is 0 Å². The van der Waals surface area contributed by atoms with Crippen LogP contribution in [-0.2, 0) is 11.2 Å². The molecule has 2 heteroatoms. The van der Waals surface area contributed by atoms with Crippen molar-refractivity contribution in [3.05, 3.63) is 65.2 Å². The lowest BCUT2D eigenvalue weighted by atomic mass is 9.93. The summed E-state index contributed by atoms with van der Waals surface area (Å²) in [6, 6.07) is 16.6. The monoisotopic (exact) mass is 265 g/mol. The third kappa shape index (κ3) is 2.60. The molecular formula is C18H19NO. The first-order valence-electron chi connectivity index (χ1n) is 7.15. The van der Waals surface area contributed by atoms with Crippen molar-refractivity contribution in [1.29, 1.82) is 0 Å². The van der Waals surface area contributed by atoms with Crippen LogP contribution in [-0.4, -0.2) is 12.3 Å². The smallest absolute Gasteiger partial charge is 0.142 e. The first-order valence-corrected chi connectivity index (χ1v) is 7.15. The second-order valence-electron chi connectivity index (χ2n) is 5.47. The van der Waals surface area contributed by atoms with Gasteiger partial charge in [-0.2, -0.15) is 0 Å². The zero-order chi connectivity index (χ0) is 13.9. The van der Waals surface area contributed by atoms with Gasteiger partial charge in [-0.05, 0) is 30.5 Å². The molecule has 0 saturated carbocycles. The molecular weight excluding hydrogens is 246 g/mol. The lowest BCUT2D eigenvalue weighted by Crippen LogP contribution is -2.15. The molecule has 0 bridgehead atoms. The Morgan fingerprint density at radius 3 is 2.70 bits per heavy atom. The van der Waals surface area contributed by atoms with Gasteiger partial charge in [-0.3, -0.25) is 4.79 Å². The number of carbonyl (C=O) groups is 1. The van der Waals surface area contributed by atoms with Crippen molar-refractivity contribution in [1.82, 2.24) is 0 Å². The van der Waals surface area contributed by atoms with Gasteiger partial charge in [-0.25, -0.2) is 0 Å². The van der Waals surface area contributed by atoms with Gasteiger partial charge < -0.3 is 5.32 Å². The van der Waals surface area contributed by atoms with Crippen molar-refractivity contribution >= 4 is 11.5 Å². The fourth-order valence-electron chi connectivity index (χ4n) is 2.77. The summed E-state index contributed by atoms with van der Waals surface area (Å²) in [6.07, 6.45) is 1.45. The highest BCUT2D eigenvalue weighted by atomic mass is 16.1. The minimum atomic E-state index is 0.0247. The van der Waals surface area contributed by atoms with Crippen molar-refractivity contribution in [3.63, 3.8) is 0 Å². The number of rotatable bonds is 4. The zero-order valence-corrected chi connectivity index (χ0v) is 11.7. The second kappa shape index (κ2) is 5.49. The number of aryl methyl sites for hydroxylation is 2. The lowest BCUT2D eigenvalue weighted by molar-refractivity contribution is -0.120. The minimum Gasteiger partial charge on any atom is -0.384 e. The predicted molar refractivity (Wildman–Crippen MR) is 82.2 cm³/mol. The van der Waals surface area contributed by atoms with Crippen LogP contribution in [0.2, 0.25) is 0 Å². The standard InChI is InChI=1S/C18H19NO/c1-13-6-8-14(9-7-13)10-11-18(20)16-12-19-17-5-3-2-4-15(16)17/h2-9,16,19H,10-12H2,1H3. The fraction of sp³-hybridized carbons (Fsp3) is 0.278. The highest BCUT2D eigenvalue weighted by molar-refractivity contribution is 5.90. The van der Waals surface area contributed by atoms with Crippen LogP contribution in [0, 0.1) is 6.92 Å². The normalized spacial score (nSPS) is 16.6. The summed E-state index contributed by atoms with van der Waals surface area (Å²) in [5.74, 6) is 0.361. The molecule has 102 valence electrons. The average molecular weight is 265 g/mol. The van der Waals surface area contributed by atoms with Crippen LogP contribution in [0.1, 0.15) is 29.0 Å². The SMILES string of the molecule is Cc1ccc(CCC(=O)C2CNc3ccccc32)cc1. The van der Waals surface area contributed by atoms with Crippen LogP contribution >= 0.6 is 0 Å². The predicted octanol–water partition coefficient (Wildman–Crippen LogP) is 3.71. The molecule has 1 unspecified atom stereocenters. The molecule has 2 nitrogen and oxygen atoms in total. The molecule has 3 rings (SSSR count). The number of carbonyl (C=O) groups excluding carboxylic acids is 1. The molecule has 2 aromatic carbocycles. The van der Waals surface area contributed by atoms with Gasteiger partial charge in [0.1, 0.15) is 5.78 Å². The lowest BCUT2D eigenvalue weighted by Gasteiger charge is -2.09. The summed E-state index contributed by atoms with van der Waals surface area (Å²) in [5.41, 5.74) is 4.76. The number of para-hydroxylation sites is 1. The van der Waals surface area contributed by atoms with E-state index in [0.717, 1.165) is 24.2 Å². The highest BCUT2D eigenvalue weighted by Crippen LogP contribution is 2.32. The molecule has 1 aliphatic heterocycles. The van der Waals surface area contributed by atoms with Crippen LogP contribution < -0.4 is 5.32 Å². The third-order valence-corrected chi connectivity index (χ3v) is 4.00. The van der Waals surface area contributed by atoms with Crippen molar-refractivity contribution in [2.45, 2.75) is 25.7 Å². The molecule has 0 aromatic heterocycles. The summed E-state index contributed by atoms with van der Waals surface area (Å²) in [5, 5.41) is 3.32. The first-order chi connectivity index (χ1) is 9.74. The highest BCUT2D eigenvalue weighted by Gasteiger charge is 2.27. The van der Waals surface area contributed by atoms with E-state index < -0.39 is 0 Å². The minimum absolute atomic E-state index is 0.0247. The summed E-state index contributed by atoms with van der Waals surface area (Å²) in [7, 11) is 0. The van der Waals surface area contributed by atoms with Crippen molar-refractivity contribution in [3.8, 4) is 0 Å². The topological polar surface area (TPSA) is 29.1 Å². The number of Topliss-reactive ketones (excluding diaryl/α,β-unsaturated/α-hetero) is 1. The van der Waals surface area contributed by atoms with E-state index in [1.54, 1.807) is 0 Å². The summed E-state index contributed by atoms with van der Waals surface area (Å²) >= 11 is 0. The van der Waals surface area contributed by atoms with Crippen LogP contribution in [0.15, 0.2) is 48.5 Å². The van der Waals surface area contributed by atoms with Crippen molar-refractivity contribution in [2.75, 3.05) is 11.9 Å². The molecule has 1 heterocycles. The number of nitrogens with one attached hydrogen (secondary N) is 1. The van der Waals surface area contributed by atoms with E-state index in [2.05, 4.69) is 42.6 Å². The number of ketones is 1. The molecule has 0 spiro atoms. The number of fused-ring (bicyclic) bond motifs is 1. The van der Waals surface area contributed by atoms with Crippen molar-refractivity contribution < 1.29 is 4.79 Å². The van der Waals surface area contributed by atoms with Gasteiger partial charge in [0.25, 0.3) is 0 Å². The Morgan fingerprint density at radius 2 is 1.90 bits per heavy atom. The molecule has 2 aromatic rings. The molecule has 1 N–H and O–H groups in total. The number of benzene rings is 2. The summed E-state index contributed by atoms with van der Waals surface area (Å²) in [6.45, 7) is 2.82. The molecule has 0 amide bonds. The molecule has 0 fully saturated rings. The molecule has 0 saturated heterocycles. The van der Waals surface area contributed by atoms with E-state index in [9.17, 15) is 4.79 Å². The third-order valence-electron chi connectivity index (χ3n) is 4.00. The maximum atomic E-state index is 12.4. The molecule has 0 radical (unpaired) electrons. The van der Waals surface area contributed by atoms with E-state index in [1.807, 2.05) is 18.2 Å². The molecule has 0 aliphatic carbocycles. The second-order valence-corrected chi connectivity index (χ2v) is 5.47. The Hall–Kier alpha value is -2.09. The Morgan fingerprint density at radius 1 is 1.15 bits per heavy atom. The van der Waals surface area contributed by atoms with E-state index in [-0.39, 0.29) is 5.92 Å². The molecule has 1 aliphatic rings. The molecule has 1 atom stereocenters. The quantitative estimate of drug-likeness (QED) is 0.913. The molecule has 20 heavy (non-hydrogen) atoms. The van der Waals surface area contributed by atoms with Crippen molar-refractivity contribution in [2.24, 2.45) is 0 Å². The maximum Gasteiger partial charge on any atom is 0.142 e. The van der Waals surface area contributed by atoms with Gasteiger partial charge in [0, 0.05) is 18.7 Å². The number of anilines is 1. The zero-order valence-electron chi connectivity index (χ0n) is 11.7. The van der Waals surface area contributed by atoms with E-state index in [0.29, 0.717) is 12.2 Å². The van der Waals surface area contributed by atoms with Gasteiger partial charge >= 0.3 is 0 Å². The van der Waals surface area contributed by atoms with Crippen LogP contribution in [0.5, 0.6) is 0 Å². The van der Waals surface area contributed by atoms with E-state index in [1.165, 1.54) is 11.1 Å². The fourth-order valence-corrected chi connectivity index (χ4v) is 2.77. The van der Waals surface area contributed by atoms with Gasteiger partial charge in [-0.1, -0.05) is 48.0 Å². The van der Waals surface area contributed by atoms with Crippen LogP contribution in [0.25, 0.3) is 0 Å². The largest absolute Gasteiger partial charge is 0.384 e. The Balaban J connectivity index is 1.65. The van der Waals surface area contributed by atoms with E-state index in [4.69, 9.17) is 0 Å². The van der Waals surface area contributed by atoms with E-state index >= 15 is 0 Å². The Labute approximate surface area is 119 Å². The average Bonchev–Trinajstić information content (AvgIpc) is 2.90. The van der Waals surface area contributed by atoms with Gasteiger partial charge in [0.15, 0.2) is 0 Å². The van der Waals surface area contributed by atoms with Gasteiger partial charge in [0.2, 0.25) is 0 Å². The number of hydrogen-bond acceptors (Lipinski definition) is 2. The maximum absolute atomic E-state index is 12.4. The summed E-state index contributed by atoms with van der Waals surface area (Å²) < 4.78 is 0. The first kappa shape index (κ1) is 12.9. The van der Waals surface area contributed by atoms with Crippen LogP contribution in [0.4, 0.5) is 5.69 Å². The summed E-state index contributed by atoms with van der Waals surface area (Å²) in [4.78, 5) is 12.4. The Kier molecular flexibility index (Phi) is 3.55. The Bertz CT molecular complexity index is 616. The van der Waals surface area contributed by atoms with Gasteiger partial charge in [0.05, 0.1) is 5.92 Å². The number of hydrogen-bond donors (Lipinski definition) is 1.